The van der Waals surface area contributed by atoms with E-state index in [1.807, 2.05) is 38.1 Å². The zero-order valence-corrected chi connectivity index (χ0v) is 20.9. The average Bonchev–Trinajstić information content (AvgIpc) is 2.75. The Bertz CT molecular complexity index is 1010. The summed E-state index contributed by atoms with van der Waals surface area (Å²) in [7, 11) is 0. The summed E-state index contributed by atoms with van der Waals surface area (Å²) in [5.41, 5.74) is 4.07. The lowest BCUT2D eigenvalue weighted by Crippen LogP contribution is -2.40. The fourth-order valence-electron chi connectivity index (χ4n) is 4.55. The highest BCUT2D eigenvalue weighted by atomic mass is 16.5. The van der Waals surface area contributed by atoms with Crippen molar-refractivity contribution in [1.82, 2.24) is 0 Å². The van der Waals surface area contributed by atoms with Crippen molar-refractivity contribution in [3.05, 3.63) is 58.7 Å². The van der Waals surface area contributed by atoms with Crippen molar-refractivity contribution < 1.29 is 28.5 Å². The molecule has 0 saturated carbocycles. The van der Waals surface area contributed by atoms with Crippen LogP contribution in [-0.4, -0.2) is 25.2 Å². The van der Waals surface area contributed by atoms with Gasteiger partial charge in [-0.05, 0) is 60.4 Å². The first-order chi connectivity index (χ1) is 16.0. The largest absolute Gasteiger partial charge is 0.426 e. The molecule has 182 valence electrons. The summed E-state index contributed by atoms with van der Waals surface area (Å²) in [6, 6.07) is 11.4. The van der Waals surface area contributed by atoms with E-state index in [2.05, 4.69) is 27.7 Å². The van der Waals surface area contributed by atoms with E-state index in [0.29, 0.717) is 11.5 Å². The van der Waals surface area contributed by atoms with Gasteiger partial charge < -0.3 is 18.9 Å². The Hall–Kier alpha value is -2.70. The minimum absolute atomic E-state index is 0.0518. The van der Waals surface area contributed by atoms with Crippen LogP contribution in [0.25, 0.3) is 0 Å². The number of carbonyl (C=O) groups excluding carboxylic acids is 2. The molecule has 2 fully saturated rings. The Morgan fingerprint density at radius 3 is 1.41 bits per heavy atom. The quantitative estimate of drug-likeness (QED) is 0.380. The van der Waals surface area contributed by atoms with Gasteiger partial charge in [-0.2, -0.15) is 0 Å². The second-order valence-corrected chi connectivity index (χ2v) is 10.9. The zero-order valence-electron chi connectivity index (χ0n) is 20.9. The zero-order chi connectivity index (χ0) is 24.7. The van der Waals surface area contributed by atoms with Crippen molar-refractivity contribution in [2.45, 2.75) is 66.6 Å². The van der Waals surface area contributed by atoms with Gasteiger partial charge in [0.1, 0.15) is 11.5 Å². The minimum Gasteiger partial charge on any atom is -0.426 e. The van der Waals surface area contributed by atoms with Gasteiger partial charge in [-0.3, -0.25) is 9.59 Å². The molecule has 4 rings (SSSR count). The van der Waals surface area contributed by atoms with Crippen LogP contribution >= 0.6 is 0 Å². The van der Waals surface area contributed by atoms with E-state index >= 15 is 0 Å². The van der Waals surface area contributed by atoms with Crippen LogP contribution in [0.3, 0.4) is 0 Å². The monoisotopic (exact) mass is 466 g/mol. The van der Waals surface area contributed by atoms with Crippen molar-refractivity contribution in [1.29, 1.82) is 0 Å². The summed E-state index contributed by atoms with van der Waals surface area (Å²) < 4.78 is 22.4. The van der Waals surface area contributed by atoms with Crippen LogP contribution < -0.4 is 9.47 Å². The molecule has 34 heavy (non-hydrogen) atoms. The molecule has 2 aromatic rings. The molecule has 0 spiro atoms. The molecule has 6 nitrogen and oxygen atoms in total. The van der Waals surface area contributed by atoms with Crippen LogP contribution in [0.5, 0.6) is 11.5 Å². The fourth-order valence-corrected chi connectivity index (χ4v) is 4.55. The number of ether oxygens (including phenoxy) is 4. The van der Waals surface area contributed by atoms with Crippen LogP contribution in [0.1, 0.15) is 75.0 Å². The summed E-state index contributed by atoms with van der Waals surface area (Å²) >= 11 is 0. The molecule has 0 N–H and O–H groups in total. The highest BCUT2D eigenvalue weighted by Crippen LogP contribution is 2.47. The number of rotatable bonds is 7. The number of esters is 2. The third-order valence-corrected chi connectivity index (χ3v) is 6.65. The number of aryl methyl sites for hydroxylation is 2. The van der Waals surface area contributed by atoms with Gasteiger partial charge in [0, 0.05) is 10.8 Å². The third-order valence-electron chi connectivity index (χ3n) is 6.65. The standard InChI is InChI=1S/C28H34O6/c1-17-13-19(25-27(3,4)15-31-25)7-9-21(17)33-23(29)11-12-24(30)34-22-10-8-20(14-18(22)2)26-28(5,6)16-32-26/h7-10,13-14,25-26H,11-12,15-16H2,1-6H3. The van der Waals surface area contributed by atoms with Crippen LogP contribution in [0, 0.1) is 24.7 Å². The van der Waals surface area contributed by atoms with Gasteiger partial charge in [0.2, 0.25) is 0 Å². The van der Waals surface area contributed by atoms with Gasteiger partial charge >= 0.3 is 11.9 Å². The summed E-state index contributed by atoms with van der Waals surface area (Å²) in [5, 5.41) is 0. The van der Waals surface area contributed by atoms with E-state index < -0.39 is 11.9 Å². The molecule has 0 bridgehead atoms. The van der Waals surface area contributed by atoms with Crippen LogP contribution in [-0.2, 0) is 19.1 Å². The lowest BCUT2D eigenvalue weighted by molar-refractivity contribution is -0.172. The van der Waals surface area contributed by atoms with Gasteiger partial charge in [0.15, 0.2) is 0 Å². The molecule has 2 saturated heterocycles. The Kier molecular flexibility index (Phi) is 6.58. The Morgan fingerprint density at radius 1 is 0.765 bits per heavy atom. The Morgan fingerprint density at radius 2 is 1.15 bits per heavy atom. The van der Waals surface area contributed by atoms with E-state index in [1.54, 1.807) is 12.1 Å². The molecule has 0 aromatic heterocycles. The normalized spacial score (nSPS) is 22.3. The molecule has 6 heteroatoms. The average molecular weight is 467 g/mol. The summed E-state index contributed by atoms with van der Waals surface area (Å²) in [4.78, 5) is 24.7. The van der Waals surface area contributed by atoms with Gasteiger partial charge in [-0.1, -0.05) is 39.8 Å². The van der Waals surface area contributed by atoms with Crippen LogP contribution in [0.4, 0.5) is 0 Å². The number of hydrogen-bond acceptors (Lipinski definition) is 6. The number of carbonyl (C=O) groups is 2. The van der Waals surface area contributed by atoms with Crippen LogP contribution in [0.15, 0.2) is 36.4 Å². The highest BCUT2D eigenvalue weighted by Gasteiger charge is 2.42. The van der Waals surface area contributed by atoms with Gasteiger partial charge in [-0.25, -0.2) is 0 Å². The third kappa shape index (κ3) is 5.03. The van der Waals surface area contributed by atoms with E-state index in [4.69, 9.17) is 18.9 Å². The molecular weight excluding hydrogens is 432 g/mol. The minimum atomic E-state index is -0.468. The first-order valence-corrected chi connectivity index (χ1v) is 11.8. The molecule has 2 heterocycles. The van der Waals surface area contributed by atoms with Crippen molar-refractivity contribution in [3.63, 3.8) is 0 Å². The topological polar surface area (TPSA) is 71.1 Å². The van der Waals surface area contributed by atoms with E-state index in [-0.39, 0.29) is 35.9 Å². The molecule has 2 aliphatic rings. The van der Waals surface area contributed by atoms with Gasteiger partial charge in [0.25, 0.3) is 0 Å². The van der Waals surface area contributed by atoms with Crippen molar-refractivity contribution in [2.24, 2.45) is 10.8 Å². The van der Waals surface area contributed by atoms with Crippen LogP contribution in [0.2, 0.25) is 0 Å². The maximum Gasteiger partial charge on any atom is 0.311 e. The molecule has 2 unspecified atom stereocenters. The molecule has 0 amide bonds. The number of hydrogen-bond donors (Lipinski definition) is 0. The highest BCUT2D eigenvalue weighted by molar-refractivity contribution is 5.80. The van der Waals surface area contributed by atoms with Gasteiger partial charge in [0.05, 0.1) is 38.3 Å². The Labute approximate surface area is 201 Å². The molecule has 0 aliphatic carbocycles. The summed E-state index contributed by atoms with van der Waals surface area (Å²) in [5.74, 6) is 0.0487. The predicted molar refractivity (Wildman–Crippen MR) is 128 cm³/mol. The van der Waals surface area contributed by atoms with E-state index in [0.717, 1.165) is 35.5 Å². The molecule has 2 aromatic carbocycles. The van der Waals surface area contributed by atoms with Crippen molar-refractivity contribution >= 4 is 11.9 Å². The van der Waals surface area contributed by atoms with Gasteiger partial charge in [-0.15, -0.1) is 0 Å². The van der Waals surface area contributed by atoms with E-state index in [9.17, 15) is 9.59 Å². The van der Waals surface area contributed by atoms with Crippen molar-refractivity contribution in [3.8, 4) is 11.5 Å². The number of benzene rings is 2. The van der Waals surface area contributed by atoms with Crippen molar-refractivity contribution in [2.75, 3.05) is 13.2 Å². The first-order valence-electron chi connectivity index (χ1n) is 11.8. The lowest BCUT2D eigenvalue weighted by Gasteiger charge is -2.44. The second-order valence-electron chi connectivity index (χ2n) is 10.9. The second kappa shape index (κ2) is 9.16. The smallest absolute Gasteiger partial charge is 0.311 e. The SMILES string of the molecule is Cc1cc(C2OCC2(C)C)ccc1OC(=O)CCC(=O)Oc1ccc(C2OCC2(C)C)cc1C. The predicted octanol–water partition coefficient (Wildman–Crippen LogP) is 5.79. The molecule has 2 aliphatic heterocycles. The molecule has 0 radical (unpaired) electrons. The fraction of sp³-hybridized carbons (Fsp3) is 0.500. The maximum atomic E-state index is 12.3. The Balaban J connectivity index is 1.28. The molecular formula is C28H34O6. The molecule has 2 atom stereocenters. The maximum absolute atomic E-state index is 12.3. The summed E-state index contributed by atoms with van der Waals surface area (Å²) in [6.45, 7) is 13.9. The lowest BCUT2D eigenvalue weighted by atomic mass is 9.78. The summed E-state index contributed by atoms with van der Waals surface area (Å²) in [6.07, 6.45) is -0.00739. The van der Waals surface area contributed by atoms with E-state index in [1.165, 1.54) is 0 Å². The first kappa shape index (κ1) is 24.4.